The molecule has 11 nitrogen and oxygen atoms in total. The van der Waals surface area contributed by atoms with E-state index >= 15 is 4.79 Å². The number of methoxy groups -OCH3 is 4. The van der Waals surface area contributed by atoms with Crippen molar-refractivity contribution in [2.45, 2.75) is 103 Å². The summed E-state index contributed by atoms with van der Waals surface area (Å²) in [5.41, 5.74) is 2.00. The molecule has 2 aromatic carbocycles. The third-order valence-corrected chi connectivity index (χ3v) is 15.8. The largest absolute Gasteiger partial charge is 0.496 e. The first kappa shape index (κ1) is 43.2. The highest BCUT2D eigenvalue weighted by Crippen LogP contribution is 2.62. The first-order valence-corrected chi connectivity index (χ1v) is 21.6. The Bertz CT molecular complexity index is 2130. The number of hydrogen-bond donors (Lipinski definition) is 2. The van der Waals surface area contributed by atoms with Crippen LogP contribution in [-0.2, 0) is 34.6 Å². The zero-order chi connectivity index (χ0) is 43.0. The topological polar surface area (TPSA) is 117 Å². The second-order valence-corrected chi connectivity index (χ2v) is 18.7. The second-order valence-electron chi connectivity index (χ2n) is 18.7. The zero-order valence-corrected chi connectivity index (χ0v) is 37.7. The van der Waals surface area contributed by atoms with Crippen LogP contribution in [0.5, 0.6) is 5.75 Å². The summed E-state index contributed by atoms with van der Waals surface area (Å²) in [5, 5.41) is 14.2. The van der Waals surface area contributed by atoms with Gasteiger partial charge in [-0.15, -0.1) is 0 Å². The smallest absolute Gasteiger partial charge is 0.342 e. The van der Waals surface area contributed by atoms with E-state index in [2.05, 4.69) is 94.4 Å². The average molecular weight is 813 g/mol. The van der Waals surface area contributed by atoms with Crippen molar-refractivity contribution < 1.29 is 33.6 Å². The lowest BCUT2D eigenvalue weighted by Gasteiger charge is -2.62. The molecule has 0 radical (unpaired) electrons. The number of aliphatic hydroxyl groups is 1. The molecule has 9 atom stereocenters. The van der Waals surface area contributed by atoms with E-state index in [1.165, 1.54) is 14.2 Å². The molecule has 4 aliphatic rings. The van der Waals surface area contributed by atoms with Gasteiger partial charge < -0.3 is 38.8 Å². The Hall–Kier alpha value is -3.90. The number of para-hydroxylation sites is 1. The number of likely N-dealkylation sites (N-methyl/N-ethyl adjacent to an activating group) is 2. The number of hydrogen-bond acceptors (Lipinski definition) is 10. The molecule has 1 saturated heterocycles. The van der Waals surface area contributed by atoms with Crippen LogP contribution < -0.4 is 9.64 Å². The lowest BCUT2D eigenvalue weighted by Crippen LogP contribution is -2.79. The Kier molecular flexibility index (Phi) is 11.4. The van der Waals surface area contributed by atoms with Gasteiger partial charge in [-0.3, -0.25) is 9.69 Å². The van der Waals surface area contributed by atoms with Gasteiger partial charge in [0.25, 0.3) is 0 Å². The van der Waals surface area contributed by atoms with Crippen molar-refractivity contribution in [1.29, 1.82) is 0 Å². The van der Waals surface area contributed by atoms with E-state index in [4.69, 9.17) is 18.9 Å². The van der Waals surface area contributed by atoms with Crippen molar-refractivity contribution in [3.8, 4) is 5.75 Å². The summed E-state index contributed by atoms with van der Waals surface area (Å²) in [7, 11) is 7.99. The van der Waals surface area contributed by atoms with Crippen LogP contribution in [0.15, 0.2) is 48.0 Å². The molecule has 3 aromatic rings. The molecule has 0 bridgehead atoms. The molecule has 59 heavy (non-hydrogen) atoms. The van der Waals surface area contributed by atoms with E-state index in [0.717, 1.165) is 78.1 Å². The SMILES string of the molecule is CCC1=CCN(CC)C2C1[C@@H](OC)[C@](O)(C(=O)OC)[C@@H]1N(C)c3cc(OC)c([C@](CC4CN(CC)CC(C)(C)C4C)(C(=O)OC)c4[nH]c5ccccc5c4C)cc3[C@]21C. The number of fused-ring (bicyclic) bond motifs is 6. The van der Waals surface area contributed by atoms with Crippen molar-refractivity contribution in [2.24, 2.45) is 23.2 Å². The third-order valence-electron chi connectivity index (χ3n) is 15.8. The minimum absolute atomic E-state index is 0.00977. The number of piperidine rings is 1. The summed E-state index contributed by atoms with van der Waals surface area (Å²) in [5.74, 6) is -0.532. The van der Waals surface area contributed by atoms with Crippen LogP contribution in [0.4, 0.5) is 5.69 Å². The Labute approximate surface area is 351 Å². The fourth-order valence-electron chi connectivity index (χ4n) is 12.7. The van der Waals surface area contributed by atoms with E-state index in [0.29, 0.717) is 17.7 Å². The lowest BCUT2D eigenvalue weighted by molar-refractivity contribution is -0.211. The van der Waals surface area contributed by atoms with Gasteiger partial charge in [0, 0.05) is 85.1 Å². The molecule has 4 unspecified atom stereocenters. The molecule has 3 aliphatic heterocycles. The van der Waals surface area contributed by atoms with Crippen molar-refractivity contribution in [2.75, 3.05) is 73.1 Å². The predicted molar refractivity (Wildman–Crippen MR) is 232 cm³/mol. The number of nitrogens with one attached hydrogen (secondary N) is 1. The van der Waals surface area contributed by atoms with E-state index in [9.17, 15) is 9.90 Å². The zero-order valence-electron chi connectivity index (χ0n) is 37.7. The van der Waals surface area contributed by atoms with Gasteiger partial charge in [-0.05, 0) is 73.4 Å². The molecule has 2 N–H and O–H groups in total. The highest BCUT2D eigenvalue weighted by molar-refractivity contribution is 5.94. The van der Waals surface area contributed by atoms with Crippen LogP contribution in [0.2, 0.25) is 0 Å². The van der Waals surface area contributed by atoms with Gasteiger partial charge in [-0.25, -0.2) is 4.79 Å². The maximum Gasteiger partial charge on any atom is 0.342 e. The van der Waals surface area contributed by atoms with Gasteiger partial charge in [0.2, 0.25) is 5.60 Å². The van der Waals surface area contributed by atoms with E-state index in [1.54, 1.807) is 14.2 Å². The minimum Gasteiger partial charge on any atom is -0.496 e. The number of rotatable bonds is 11. The predicted octanol–water partition coefficient (Wildman–Crippen LogP) is 6.61. The number of H-pyrrole nitrogens is 1. The van der Waals surface area contributed by atoms with Gasteiger partial charge in [-0.2, -0.15) is 0 Å². The molecule has 1 saturated carbocycles. The standard InChI is InChI=1S/C48H68N4O7/c1-14-30-21-22-52(16-3)40-38(30)41(57-11)48(55,44(54)59-13)42-46(40,8)33-23-34(37(56-10)24-36(33)50(42)9)47(43(53)58-12,39-28(4)32-19-17-18-20-35(32)49-39)25-31-26-51(15-2)27-45(6,7)29(31)5/h17-21,23-24,29,31,38,40-42,49,55H,14-16,22,25-27H2,1-13H3/t29?,31?,38?,40?,41-,42-,46-,47+,48-/m1/s1. The van der Waals surface area contributed by atoms with Crippen molar-refractivity contribution in [1.82, 2.24) is 14.8 Å². The highest BCUT2D eigenvalue weighted by atomic mass is 16.6. The number of esters is 2. The molecular formula is C48H68N4O7. The van der Waals surface area contributed by atoms with Crippen LogP contribution in [-0.4, -0.2) is 124 Å². The Morgan fingerprint density at radius 1 is 1.02 bits per heavy atom. The van der Waals surface area contributed by atoms with Crippen LogP contribution in [0.3, 0.4) is 0 Å². The molecule has 322 valence electrons. The number of carbonyl (C=O) groups excluding carboxylic acids is 2. The molecular weight excluding hydrogens is 745 g/mol. The van der Waals surface area contributed by atoms with Crippen molar-refractivity contribution >= 4 is 28.5 Å². The van der Waals surface area contributed by atoms with Gasteiger partial charge in [0.05, 0.1) is 27.4 Å². The maximum atomic E-state index is 15.4. The summed E-state index contributed by atoms with van der Waals surface area (Å²) in [4.78, 5) is 40.5. The van der Waals surface area contributed by atoms with Crippen molar-refractivity contribution in [3.05, 3.63) is 70.4 Å². The normalized spacial score (nSPS) is 31.5. The number of ether oxygens (including phenoxy) is 4. The number of nitrogens with zero attached hydrogens (tertiary/aromatic N) is 3. The highest BCUT2D eigenvalue weighted by Gasteiger charge is 2.74. The summed E-state index contributed by atoms with van der Waals surface area (Å²) in [6.07, 6.45) is 2.55. The number of anilines is 1. The number of likely N-dealkylation sites (tertiary alicyclic amines) is 1. The lowest BCUT2D eigenvalue weighted by atomic mass is 9.52. The van der Waals surface area contributed by atoms with E-state index in [1.807, 2.05) is 30.1 Å². The average Bonchev–Trinajstić information content (AvgIpc) is 3.69. The molecule has 2 fully saturated rings. The Morgan fingerprint density at radius 3 is 2.32 bits per heavy atom. The summed E-state index contributed by atoms with van der Waals surface area (Å²) >= 11 is 0. The maximum absolute atomic E-state index is 15.4. The van der Waals surface area contributed by atoms with Crippen LogP contribution >= 0.6 is 0 Å². The van der Waals surface area contributed by atoms with E-state index in [-0.39, 0.29) is 35.2 Å². The van der Waals surface area contributed by atoms with Gasteiger partial charge in [0.15, 0.2) is 0 Å². The van der Waals surface area contributed by atoms with Gasteiger partial charge in [-0.1, -0.05) is 78.3 Å². The Balaban J connectivity index is 1.58. The van der Waals surface area contributed by atoms with Crippen LogP contribution in [0.25, 0.3) is 10.9 Å². The molecule has 0 amide bonds. The van der Waals surface area contributed by atoms with Gasteiger partial charge >= 0.3 is 11.9 Å². The summed E-state index contributed by atoms with van der Waals surface area (Å²) in [6, 6.07) is 11.4. The second kappa shape index (κ2) is 15.5. The molecule has 1 aromatic heterocycles. The quantitative estimate of drug-likeness (QED) is 0.162. The number of benzene rings is 2. The third kappa shape index (κ3) is 6.03. The van der Waals surface area contributed by atoms with Crippen LogP contribution in [0, 0.1) is 30.1 Å². The van der Waals surface area contributed by atoms with E-state index < -0.39 is 34.5 Å². The summed E-state index contributed by atoms with van der Waals surface area (Å²) < 4.78 is 24.2. The number of carbonyl (C=O) groups is 2. The van der Waals surface area contributed by atoms with Crippen molar-refractivity contribution in [3.63, 3.8) is 0 Å². The molecule has 4 heterocycles. The summed E-state index contributed by atoms with van der Waals surface area (Å²) in [6.45, 7) is 22.0. The number of aromatic amines is 1. The first-order chi connectivity index (χ1) is 28.0. The van der Waals surface area contributed by atoms with Gasteiger partial charge in [0.1, 0.15) is 17.3 Å². The number of aryl methyl sites for hydroxylation is 1. The number of aromatic nitrogens is 1. The fraction of sp³-hybridized carbons (Fsp3) is 0.625. The van der Waals surface area contributed by atoms with Crippen LogP contribution in [0.1, 0.15) is 83.7 Å². The monoisotopic (exact) mass is 813 g/mol. The molecule has 7 rings (SSSR count). The first-order valence-electron chi connectivity index (χ1n) is 21.6. The minimum atomic E-state index is -2.06. The Morgan fingerprint density at radius 2 is 1.73 bits per heavy atom. The molecule has 0 spiro atoms. The fourth-order valence-corrected chi connectivity index (χ4v) is 12.7. The molecule has 11 heteroatoms. The molecule has 1 aliphatic carbocycles.